The number of anilines is 2. The van der Waals surface area contributed by atoms with Gasteiger partial charge >= 0.3 is 5.97 Å². The van der Waals surface area contributed by atoms with Crippen molar-refractivity contribution >= 4 is 70.4 Å². The molecule has 14 heteroatoms. The number of nitrogens with zero attached hydrogens (tertiary/aromatic N) is 2. The minimum Gasteiger partial charge on any atom is -0.506 e. The highest BCUT2D eigenvalue weighted by molar-refractivity contribution is 6.33. The highest BCUT2D eigenvalue weighted by Gasteiger charge is 2.23. The van der Waals surface area contributed by atoms with Gasteiger partial charge in [0.2, 0.25) is 5.43 Å². The zero-order chi connectivity index (χ0) is 35.9. The average Bonchev–Trinajstić information content (AvgIpc) is 3.07. The standard InChI is InChI=1S/C36H30Cl2N2O10/c1-21-2-4-28(40(8-11-43)20-35(46)47)33(14-21)48-12-13-49-34-15-22(3-5-27(34)39(6-9-41)7-10-42)36-23-16-25(37)29(44)18-31(23)50-32-19-30(45)26(38)17-24(32)36/h2-5,9-11,14-19,44H,6-8,12-13,20H2,1H3,(H,46,47). The molecule has 0 spiro atoms. The molecule has 0 fully saturated rings. The Balaban J connectivity index is 1.56. The van der Waals surface area contributed by atoms with Gasteiger partial charge in [0, 0.05) is 28.6 Å². The minimum absolute atomic E-state index is 0.0175. The number of phenolic OH excluding ortho intramolecular Hbond substituents is 1. The molecule has 12 nitrogen and oxygen atoms in total. The number of rotatable bonds is 16. The van der Waals surface area contributed by atoms with Crippen LogP contribution in [0.5, 0.6) is 17.2 Å². The van der Waals surface area contributed by atoms with E-state index in [9.17, 15) is 34.2 Å². The number of aromatic hydroxyl groups is 1. The summed E-state index contributed by atoms with van der Waals surface area (Å²) in [4.78, 5) is 61.2. The number of halogens is 2. The number of carbonyl (C=O) groups is 4. The number of aryl methyl sites for hydroxylation is 1. The SMILES string of the molecule is Cc1ccc(N(CC=O)CC(=O)O)c(OCCOc2cc(-c3c4cc(Cl)c(=O)cc-4oc4cc(O)c(Cl)cc34)ccc2N(CC=O)CC=O)c1. The minimum atomic E-state index is -1.12. The molecule has 2 aliphatic rings. The van der Waals surface area contributed by atoms with Gasteiger partial charge in [-0.15, -0.1) is 0 Å². The van der Waals surface area contributed by atoms with E-state index in [2.05, 4.69) is 0 Å². The Labute approximate surface area is 295 Å². The first kappa shape index (κ1) is 35.7. The molecule has 258 valence electrons. The predicted octanol–water partition coefficient (Wildman–Crippen LogP) is 5.64. The third kappa shape index (κ3) is 7.82. The summed E-state index contributed by atoms with van der Waals surface area (Å²) < 4.78 is 18.2. The fourth-order valence-corrected chi connectivity index (χ4v) is 5.84. The van der Waals surface area contributed by atoms with Crippen molar-refractivity contribution in [1.29, 1.82) is 0 Å². The lowest BCUT2D eigenvalue weighted by molar-refractivity contribution is -0.135. The molecule has 1 heterocycles. The summed E-state index contributed by atoms with van der Waals surface area (Å²) in [7, 11) is 0. The molecule has 3 aromatic carbocycles. The second-order valence-electron chi connectivity index (χ2n) is 11.1. The largest absolute Gasteiger partial charge is 0.506 e. The van der Waals surface area contributed by atoms with Crippen LogP contribution in [0.3, 0.4) is 0 Å². The predicted molar refractivity (Wildman–Crippen MR) is 189 cm³/mol. The Kier molecular flexibility index (Phi) is 11.2. The van der Waals surface area contributed by atoms with E-state index in [-0.39, 0.29) is 65.7 Å². The van der Waals surface area contributed by atoms with Crippen molar-refractivity contribution in [3.63, 3.8) is 0 Å². The maximum absolute atomic E-state index is 12.4. The highest BCUT2D eigenvalue weighted by Crippen LogP contribution is 2.45. The molecular formula is C36H30Cl2N2O10. The molecule has 0 unspecified atom stereocenters. The Morgan fingerprint density at radius 3 is 2.10 bits per heavy atom. The lowest BCUT2D eigenvalue weighted by Crippen LogP contribution is -2.31. The Morgan fingerprint density at radius 2 is 1.44 bits per heavy atom. The van der Waals surface area contributed by atoms with Crippen molar-refractivity contribution in [1.82, 2.24) is 0 Å². The van der Waals surface area contributed by atoms with E-state index in [4.69, 9.17) is 37.1 Å². The molecule has 3 aromatic rings. The zero-order valence-electron chi connectivity index (χ0n) is 26.6. The summed E-state index contributed by atoms with van der Waals surface area (Å²) in [5, 5.41) is 20.2. The number of carboxylic acid groups (broad SMARTS) is 1. The highest BCUT2D eigenvalue weighted by atomic mass is 35.5. The van der Waals surface area contributed by atoms with Crippen LogP contribution < -0.4 is 24.7 Å². The molecule has 1 aliphatic heterocycles. The molecule has 0 bridgehead atoms. The molecule has 1 aliphatic carbocycles. The molecular weight excluding hydrogens is 691 g/mol. The fourth-order valence-electron chi connectivity index (χ4n) is 5.51. The van der Waals surface area contributed by atoms with Crippen LogP contribution in [0.2, 0.25) is 10.0 Å². The van der Waals surface area contributed by atoms with Gasteiger partial charge in [-0.25, -0.2) is 0 Å². The van der Waals surface area contributed by atoms with Crippen molar-refractivity contribution < 1.29 is 43.3 Å². The lowest BCUT2D eigenvalue weighted by atomic mass is 9.93. The Morgan fingerprint density at radius 1 is 0.820 bits per heavy atom. The number of hydrogen-bond acceptors (Lipinski definition) is 11. The second-order valence-corrected chi connectivity index (χ2v) is 11.9. The van der Waals surface area contributed by atoms with Gasteiger partial charge in [-0.1, -0.05) is 35.3 Å². The molecule has 0 aromatic heterocycles. The van der Waals surface area contributed by atoms with Gasteiger partial charge < -0.3 is 48.3 Å². The third-order valence-corrected chi connectivity index (χ3v) is 8.29. The first-order chi connectivity index (χ1) is 24.0. The number of aldehydes is 3. The van der Waals surface area contributed by atoms with E-state index in [1.54, 1.807) is 36.4 Å². The van der Waals surface area contributed by atoms with Crippen LogP contribution >= 0.6 is 23.2 Å². The van der Waals surface area contributed by atoms with Gasteiger partial charge in [0.05, 0.1) is 41.1 Å². The maximum atomic E-state index is 12.4. The molecule has 0 saturated carbocycles. The van der Waals surface area contributed by atoms with Crippen molar-refractivity contribution in [2.45, 2.75) is 6.92 Å². The van der Waals surface area contributed by atoms with Crippen LogP contribution in [0, 0.1) is 6.92 Å². The molecule has 0 saturated heterocycles. The van der Waals surface area contributed by atoms with Crippen LogP contribution in [0.25, 0.3) is 33.4 Å². The lowest BCUT2D eigenvalue weighted by Gasteiger charge is -2.25. The van der Waals surface area contributed by atoms with E-state index >= 15 is 0 Å². The number of fused-ring (bicyclic) bond motifs is 2. The monoisotopic (exact) mass is 720 g/mol. The third-order valence-electron chi connectivity index (χ3n) is 7.70. The first-order valence-corrected chi connectivity index (χ1v) is 15.9. The summed E-state index contributed by atoms with van der Waals surface area (Å²) in [5.41, 5.74) is 3.03. The molecule has 5 rings (SSSR count). The van der Waals surface area contributed by atoms with Crippen LogP contribution in [-0.2, 0) is 19.2 Å². The van der Waals surface area contributed by atoms with E-state index in [1.807, 2.05) is 6.92 Å². The fraction of sp³-hybridized carbons (Fsp3) is 0.194. The first-order valence-electron chi connectivity index (χ1n) is 15.2. The number of carboxylic acids is 1. The Bertz CT molecular complexity index is 2110. The number of ether oxygens (including phenoxy) is 2. The van der Waals surface area contributed by atoms with Gasteiger partial charge in [-0.3, -0.25) is 9.59 Å². The molecule has 0 amide bonds. The van der Waals surface area contributed by atoms with Crippen molar-refractivity contribution in [3.05, 3.63) is 86.5 Å². The summed E-state index contributed by atoms with van der Waals surface area (Å²) in [5.74, 6) is -0.531. The summed E-state index contributed by atoms with van der Waals surface area (Å²) in [6, 6.07) is 15.8. The smallest absolute Gasteiger partial charge is 0.323 e. The average molecular weight is 722 g/mol. The maximum Gasteiger partial charge on any atom is 0.323 e. The van der Waals surface area contributed by atoms with Gasteiger partial charge in [-0.05, 0) is 54.4 Å². The van der Waals surface area contributed by atoms with Gasteiger partial charge in [-0.2, -0.15) is 0 Å². The number of aliphatic carboxylic acids is 1. The number of benzene rings is 4. The van der Waals surface area contributed by atoms with Crippen LogP contribution in [0.1, 0.15) is 5.56 Å². The Hall–Kier alpha value is -5.59. The summed E-state index contributed by atoms with van der Waals surface area (Å²) >= 11 is 12.6. The van der Waals surface area contributed by atoms with E-state index in [0.717, 1.165) is 5.56 Å². The quantitative estimate of drug-likeness (QED) is 0.0734. The van der Waals surface area contributed by atoms with Crippen molar-refractivity contribution in [2.24, 2.45) is 0 Å². The van der Waals surface area contributed by atoms with Crippen molar-refractivity contribution in [3.8, 4) is 39.7 Å². The second kappa shape index (κ2) is 15.7. The van der Waals surface area contributed by atoms with Crippen LogP contribution in [0.4, 0.5) is 11.4 Å². The molecule has 0 atom stereocenters. The number of carbonyl (C=O) groups excluding carboxylic acids is 3. The summed E-state index contributed by atoms with van der Waals surface area (Å²) in [6.45, 7) is 0.978. The van der Waals surface area contributed by atoms with E-state index in [0.29, 0.717) is 58.1 Å². The van der Waals surface area contributed by atoms with Gasteiger partial charge in [0.25, 0.3) is 0 Å². The zero-order valence-corrected chi connectivity index (χ0v) is 28.1. The normalized spacial score (nSPS) is 10.9. The van der Waals surface area contributed by atoms with Gasteiger partial charge in [0.1, 0.15) is 67.2 Å². The number of phenols is 1. The molecule has 2 N–H and O–H groups in total. The van der Waals surface area contributed by atoms with Crippen LogP contribution in [0.15, 0.2) is 69.9 Å². The van der Waals surface area contributed by atoms with E-state index < -0.39 is 17.9 Å². The molecule has 0 radical (unpaired) electrons. The topological polar surface area (TPSA) is 164 Å². The summed E-state index contributed by atoms with van der Waals surface area (Å²) in [6.07, 6.45) is 1.91. The van der Waals surface area contributed by atoms with Crippen LogP contribution in [-0.4, -0.2) is 74.4 Å². The van der Waals surface area contributed by atoms with Gasteiger partial charge in [0.15, 0.2) is 0 Å². The number of hydrogen-bond donors (Lipinski definition) is 2. The van der Waals surface area contributed by atoms with E-state index in [1.165, 1.54) is 34.1 Å². The molecule has 50 heavy (non-hydrogen) atoms. The van der Waals surface area contributed by atoms with Crippen molar-refractivity contribution in [2.75, 3.05) is 49.2 Å².